The number of nitrogens with zero attached hydrogens (tertiary/aromatic N) is 3. The molecule has 0 N–H and O–H groups in total. The Hall–Kier alpha value is -2.17. The van der Waals surface area contributed by atoms with E-state index in [0.717, 1.165) is 0 Å². The van der Waals surface area contributed by atoms with E-state index >= 15 is 0 Å². The van der Waals surface area contributed by atoms with Gasteiger partial charge in [0.2, 0.25) is 5.90 Å². The number of aromatic nitrogens is 2. The highest BCUT2D eigenvalue weighted by atomic mass is 16.5. The van der Waals surface area contributed by atoms with Crippen molar-refractivity contribution >= 4 is 16.8 Å². The Morgan fingerprint density at radius 3 is 2.79 bits per heavy atom. The molecule has 0 spiro atoms. The maximum atomic E-state index is 12.4. The van der Waals surface area contributed by atoms with Gasteiger partial charge in [0.15, 0.2) is 0 Å². The summed E-state index contributed by atoms with van der Waals surface area (Å²) in [5.41, 5.74) is 0.514. The van der Waals surface area contributed by atoms with E-state index < -0.39 is 0 Å². The Bertz CT molecular complexity index is 674. The molecule has 5 nitrogen and oxygen atoms in total. The summed E-state index contributed by atoms with van der Waals surface area (Å²) in [4.78, 5) is 16.7. The van der Waals surface area contributed by atoms with Crippen LogP contribution in [0.15, 0.2) is 34.2 Å². The third kappa shape index (κ3) is 2.65. The van der Waals surface area contributed by atoms with Gasteiger partial charge in [-0.05, 0) is 26.0 Å². The number of hydrogen-bond donors (Lipinski definition) is 0. The van der Waals surface area contributed by atoms with Crippen molar-refractivity contribution in [1.82, 2.24) is 9.66 Å². The fourth-order valence-electron chi connectivity index (χ4n) is 1.83. The van der Waals surface area contributed by atoms with Crippen LogP contribution in [0.5, 0.6) is 0 Å². The van der Waals surface area contributed by atoms with E-state index in [2.05, 4.69) is 10.1 Å². The first-order valence-electron chi connectivity index (χ1n) is 6.36. The van der Waals surface area contributed by atoms with Crippen LogP contribution in [-0.4, -0.2) is 22.2 Å². The molecule has 0 saturated heterocycles. The van der Waals surface area contributed by atoms with Crippen LogP contribution in [-0.2, 0) is 4.74 Å². The summed E-state index contributed by atoms with van der Waals surface area (Å²) < 4.78 is 6.68. The number of benzene rings is 1. The lowest BCUT2D eigenvalue weighted by Gasteiger charge is -2.08. The normalized spacial score (nSPS) is 11.8. The van der Waals surface area contributed by atoms with E-state index in [1.807, 2.05) is 32.0 Å². The van der Waals surface area contributed by atoms with Gasteiger partial charge in [-0.25, -0.2) is 4.98 Å². The van der Waals surface area contributed by atoms with Crippen LogP contribution in [0.4, 0.5) is 0 Å². The van der Waals surface area contributed by atoms with Crippen molar-refractivity contribution in [3.8, 4) is 0 Å². The number of ether oxygens (including phenoxy) is 1. The summed E-state index contributed by atoms with van der Waals surface area (Å²) in [6.45, 7) is 6.11. The quantitative estimate of drug-likeness (QED) is 0.628. The molecule has 2 aromatic rings. The molecule has 2 rings (SSSR count). The van der Waals surface area contributed by atoms with Crippen LogP contribution in [0.3, 0.4) is 0 Å². The minimum Gasteiger partial charge on any atom is -0.480 e. The van der Waals surface area contributed by atoms with Crippen LogP contribution in [0.1, 0.15) is 26.1 Å². The number of aryl methyl sites for hydroxylation is 1. The van der Waals surface area contributed by atoms with E-state index in [1.54, 1.807) is 13.0 Å². The fraction of sp³-hybridized carbons (Fsp3) is 0.357. The van der Waals surface area contributed by atoms with Gasteiger partial charge in [-0.3, -0.25) is 4.79 Å². The monoisotopic (exact) mass is 259 g/mol. The van der Waals surface area contributed by atoms with Gasteiger partial charge < -0.3 is 4.74 Å². The van der Waals surface area contributed by atoms with Crippen LogP contribution in [0.25, 0.3) is 10.9 Å². The van der Waals surface area contributed by atoms with Crippen LogP contribution >= 0.6 is 0 Å². The summed E-state index contributed by atoms with van der Waals surface area (Å²) in [6, 6.07) is 7.25. The first-order valence-corrected chi connectivity index (χ1v) is 6.36. The maximum Gasteiger partial charge on any atom is 0.282 e. The molecule has 19 heavy (non-hydrogen) atoms. The van der Waals surface area contributed by atoms with Gasteiger partial charge in [0.25, 0.3) is 5.56 Å². The largest absolute Gasteiger partial charge is 0.480 e. The number of rotatable bonds is 3. The molecule has 0 amide bonds. The molecule has 1 aromatic carbocycles. The van der Waals surface area contributed by atoms with Crippen molar-refractivity contribution < 1.29 is 4.74 Å². The zero-order valence-electron chi connectivity index (χ0n) is 11.4. The van der Waals surface area contributed by atoms with Gasteiger partial charge in [-0.15, -0.1) is 5.10 Å². The molecule has 0 bridgehead atoms. The Labute approximate surface area is 111 Å². The average Bonchev–Trinajstić information content (AvgIpc) is 2.42. The van der Waals surface area contributed by atoms with Gasteiger partial charge >= 0.3 is 0 Å². The summed E-state index contributed by atoms with van der Waals surface area (Å²) in [5.74, 6) is 1.08. The molecule has 0 atom stereocenters. The molecular formula is C14H17N3O2. The average molecular weight is 259 g/mol. The molecule has 0 unspecified atom stereocenters. The maximum absolute atomic E-state index is 12.4. The highest BCUT2D eigenvalue weighted by molar-refractivity contribution is 5.78. The fourth-order valence-corrected chi connectivity index (χ4v) is 1.83. The number of para-hydroxylation sites is 1. The van der Waals surface area contributed by atoms with Crippen LogP contribution in [0.2, 0.25) is 0 Å². The second-order valence-electron chi connectivity index (χ2n) is 4.07. The zero-order valence-corrected chi connectivity index (χ0v) is 11.4. The second-order valence-corrected chi connectivity index (χ2v) is 4.07. The molecule has 5 heteroatoms. The van der Waals surface area contributed by atoms with Gasteiger partial charge in [0, 0.05) is 6.42 Å². The highest BCUT2D eigenvalue weighted by Crippen LogP contribution is 2.07. The molecule has 1 aromatic heterocycles. The summed E-state index contributed by atoms with van der Waals surface area (Å²) in [7, 11) is 0. The summed E-state index contributed by atoms with van der Waals surface area (Å²) in [6.07, 6.45) is 0.631. The second kappa shape index (κ2) is 5.65. The van der Waals surface area contributed by atoms with Crippen molar-refractivity contribution in [2.75, 3.05) is 6.61 Å². The molecule has 0 saturated carbocycles. The predicted octanol–water partition coefficient (Wildman–Crippen LogP) is 2.31. The molecular weight excluding hydrogens is 242 g/mol. The molecule has 0 aliphatic carbocycles. The molecule has 0 aliphatic rings. The molecule has 0 radical (unpaired) electrons. The Kier molecular flexibility index (Phi) is 3.94. The Morgan fingerprint density at radius 1 is 1.37 bits per heavy atom. The van der Waals surface area contributed by atoms with Gasteiger partial charge in [0.05, 0.1) is 17.5 Å². The minimum absolute atomic E-state index is 0.172. The van der Waals surface area contributed by atoms with E-state index in [-0.39, 0.29) is 5.56 Å². The van der Waals surface area contributed by atoms with Gasteiger partial charge in [0.1, 0.15) is 5.82 Å². The minimum atomic E-state index is -0.172. The molecule has 0 aliphatic heterocycles. The zero-order chi connectivity index (χ0) is 13.8. The third-order valence-corrected chi connectivity index (χ3v) is 2.74. The Morgan fingerprint density at radius 2 is 2.11 bits per heavy atom. The first-order chi connectivity index (χ1) is 9.17. The summed E-state index contributed by atoms with van der Waals surface area (Å²) in [5, 5.41) is 4.81. The Balaban J connectivity index is 2.64. The SMILES string of the molecule is CCO/C(CC)=N/n1c(C)nc2ccccc2c1=O. The summed E-state index contributed by atoms with van der Waals surface area (Å²) >= 11 is 0. The van der Waals surface area contributed by atoms with Crippen LogP contribution in [0, 0.1) is 6.92 Å². The highest BCUT2D eigenvalue weighted by Gasteiger charge is 2.08. The van der Waals surface area contributed by atoms with E-state index in [9.17, 15) is 4.79 Å². The van der Waals surface area contributed by atoms with Gasteiger partial charge in [-0.2, -0.15) is 4.68 Å². The molecule has 0 fully saturated rings. The lowest BCUT2D eigenvalue weighted by atomic mass is 10.2. The smallest absolute Gasteiger partial charge is 0.282 e. The van der Waals surface area contributed by atoms with Crippen molar-refractivity contribution in [2.24, 2.45) is 5.10 Å². The topological polar surface area (TPSA) is 56.5 Å². The van der Waals surface area contributed by atoms with Crippen molar-refractivity contribution in [3.05, 3.63) is 40.4 Å². The van der Waals surface area contributed by atoms with Gasteiger partial charge in [-0.1, -0.05) is 19.1 Å². The predicted molar refractivity (Wildman–Crippen MR) is 75.5 cm³/mol. The van der Waals surface area contributed by atoms with E-state index in [1.165, 1.54) is 4.68 Å². The lowest BCUT2D eigenvalue weighted by Crippen LogP contribution is -2.22. The van der Waals surface area contributed by atoms with Crippen LogP contribution < -0.4 is 5.56 Å². The molecule has 100 valence electrons. The third-order valence-electron chi connectivity index (χ3n) is 2.74. The van der Waals surface area contributed by atoms with Crippen molar-refractivity contribution in [1.29, 1.82) is 0 Å². The van der Waals surface area contributed by atoms with E-state index in [4.69, 9.17) is 4.74 Å². The van der Waals surface area contributed by atoms with Crippen molar-refractivity contribution in [2.45, 2.75) is 27.2 Å². The first kappa shape index (κ1) is 13.3. The number of hydrogen-bond acceptors (Lipinski definition) is 4. The van der Waals surface area contributed by atoms with Crippen molar-refractivity contribution in [3.63, 3.8) is 0 Å². The lowest BCUT2D eigenvalue weighted by molar-refractivity contribution is 0.314. The molecule has 1 heterocycles. The number of fused-ring (bicyclic) bond motifs is 1. The standard InChI is InChI=1S/C14H17N3O2/c1-4-13(19-5-2)16-17-10(3)15-12-9-7-6-8-11(12)14(17)18/h6-9H,4-5H2,1-3H3/b16-13+. The van der Waals surface area contributed by atoms with E-state index in [0.29, 0.717) is 35.7 Å².